The van der Waals surface area contributed by atoms with Crippen molar-refractivity contribution in [2.75, 3.05) is 26.8 Å². The molecule has 0 spiro atoms. The SMILES string of the molecule is C/C=C(\C=N/CNC[C@@H]1C(C)CC(F)(F)CN1C(=O)C(=N)/C(=C\NC)c1ccccc1)CC. The molecular formula is C25H35F2N5O. The van der Waals surface area contributed by atoms with Gasteiger partial charge in [0.15, 0.2) is 0 Å². The average molecular weight is 460 g/mol. The fraction of sp³-hybridized carbons (Fsp3) is 0.480. The van der Waals surface area contributed by atoms with E-state index in [1.54, 1.807) is 50.7 Å². The fourth-order valence-electron chi connectivity index (χ4n) is 4.01. The number of amides is 1. The Bertz CT molecular complexity index is 895. The Morgan fingerprint density at radius 3 is 2.64 bits per heavy atom. The molecule has 1 aliphatic rings. The molecule has 0 bridgehead atoms. The maximum Gasteiger partial charge on any atom is 0.272 e. The van der Waals surface area contributed by atoms with Gasteiger partial charge in [0, 0.05) is 44.0 Å². The van der Waals surface area contributed by atoms with Gasteiger partial charge >= 0.3 is 0 Å². The Balaban J connectivity index is 2.20. The van der Waals surface area contributed by atoms with Crippen molar-refractivity contribution in [1.29, 1.82) is 5.41 Å². The molecule has 33 heavy (non-hydrogen) atoms. The van der Waals surface area contributed by atoms with Gasteiger partial charge in [0.25, 0.3) is 11.8 Å². The number of carbonyl (C=O) groups is 1. The van der Waals surface area contributed by atoms with Gasteiger partial charge in [0.1, 0.15) is 5.71 Å². The van der Waals surface area contributed by atoms with Gasteiger partial charge < -0.3 is 10.2 Å². The first-order valence-electron chi connectivity index (χ1n) is 11.3. The van der Waals surface area contributed by atoms with Crippen molar-refractivity contribution in [3.05, 3.63) is 53.7 Å². The minimum atomic E-state index is -2.99. The Morgan fingerprint density at radius 1 is 1.33 bits per heavy atom. The molecular weight excluding hydrogens is 424 g/mol. The fourth-order valence-corrected chi connectivity index (χ4v) is 4.01. The smallest absolute Gasteiger partial charge is 0.272 e. The zero-order valence-electron chi connectivity index (χ0n) is 19.9. The lowest BCUT2D eigenvalue weighted by Gasteiger charge is -2.43. The second-order valence-electron chi connectivity index (χ2n) is 8.27. The van der Waals surface area contributed by atoms with E-state index in [9.17, 15) is 13.6 Å². The summed E-state index contributed by atoms with van der Waals surface area (Å²) < 4.78 is 28.9. The third-order valence-corrected chi connectivity index (χ3v) is 5.79. The van der Waals surface area contributed by atoms with Crippen molar-refractivity contribution in [3.63, 3.8) is 0 Å². The van der Waals surface area contributed by atoms with Crippen molar-refractivity contribution >= 4 is 23.4 Å². The van der Waals surface area contributed by atoms with Gasteiger partial charge in [-0.05, 0) is 30.4 Å². The molecule has 1 saturated heterocycles. The van der Waals surface area contributed by atoms with Gasteiger partial charge in [0.2, 0.25) is 0 Å². The molecule has 1 unspecified atom stereocenters. The molecule has 2 rings (SSSR count). The molecule has 2 atom stereocenters. The van der Waals surface area contributed by atoms with Crippen LogP contribution in [0.15, 0.2) is 53.2 Å². The predicted molar refractivity (Wildman–Crippen MR) is 131 cm³/mol. The van der Waals surface area contributed by atoms with E-state index < -0.39 is 30.3 Å². The van der Waals surface area contributed by atoms with Crippen LogP contribution in [0.2, 0.25) is 0 Å². The van der Waals surface area contributed by atoms with Gasteiger partial charge in [-0.1, -0.05) is 50.3 Å². The highest BCUT2D eigenvalue weighted by molar-refractivity contribution is 6.54. The molecule has 0 aliphatic carbocycles. The van der Waals surface area contributed by atoms with E-state index in [0.29, 0.717) is 24.4 Å². The van der Waals surface area contributed by atoms with Gasteiger partial charge in [-0.25, -0.2) is 8.78 Å². The number of allylic oxidation sites excluding steroid dienone is 2. The van der Waals surface area contributed by atoms with Crippen LogP contribution < -0.4 is 10.6 Å². The minimum absolute atomic E-state index is 0.295. The van der Waals surface area contributed by atoms with Crippen LogP contribution in [0.4, 0.5) is 8.78 Å². The largest absolute Gasteiger partial charge is 0.393 e. The van der Waals surface area contributed by atoms with Crippen molar-refractivity contribution in [3.8, 4) is 0 Å². The van der Waals surface area contributed by atoms with Crippen LogP contribution in [0.1, 0.15) is 39.2 Å². The molecule has 1 aliphatic heterocycles. The molecule has 1 heterocycles. The first-order valence-corrected chi connectivity index (χ1v) is 11.3. The number of halogens is 2. The topological polar surface area (TPSA) is 80.6 Å². The van der Waals surface area contributed by atoms with Crippen LogP contribution in [0, 0.1) is 11.3 Å². The highest BCUT2D eigenvalue weighted by Gasteiger charge is 2.46. The highest BCUT2D eigenvalue weighted by Crippen LogP contribution is 2.34. The lowest BCUT2D eigenvalue weighted by Crippen LogP contribution is -2.59. The highest BCUT2D eigenvalue weighted by atomic mass is 19.3. The van der Waals surface area contributed by atoms with E-state index in [-0.39, 0.29) is 12.1 Å². The van der Waals surface area contributed by atoms with Gasteiger partial charge in [0.05, 0.1) is 13.2 Å². The van der Waals surface area contributed by atoms with E-state index in [2.05, 4.69) is 15.6 Å². The number of hydrogen-bond acceptors (Lipinski definition) is 5. The summed E-state index contributed by atoms with van der Waals surface area (Å²) in [7, 11) is 1.67. The lowest BCUT2D eigenvalue weighted by atomic mass is 9.87. The summed E-state index contributed by atoms with van der Waals surface area (Å²) in [6.45, 7) is 5.67. The molecule has 0 saturated carbocycles. The minimum Gasteiger partial charge on any atom is -0.393 e. The lowest BCUT2D eigenvalue weighted by molar-refractivity contribution is -0.145. The van der Waals surface area contributed by atoms with E-state index in [0.717, 1.165) is 16.9 Å². The molecule has 0 aromatic heterocycles. The van der Waals surface area contributed by atoms with Crippen molar-refractivity contribution in [1.82, 2.24) is 15.5 Å². The molecule has 0 radical (unpaired) electrons. The number of likely N-dealkylation sites (tertiary alicyclic amines) is 1. The maximum atomic E-state index is 14.4. The molecule has 1 aromatic rings. The second kappa shape index (κ2) is 12.4. The standard InChI is InChI=1S/C25H35F2N5O/c1-5-19(6-2)13-30-17-31-15-22-18(3)12-25(26,27)16-32(22)24(33)23(28)21(14-29-4)20-10-8-7-9-11-20/h5,7-11,13-14,18,22,28-29,31H,6,12,15-17H2,1-4H3/b19-5-,21-14-,28-23?,30-13-/t18?,22-/m1/s1. The number of aliphatic imine (C=N–C) groups is 1. The molecule has 1 amide bonds. The molecule has 3 N–H and O–H groups in total. The first-order chi connectivity index (χ1) is 15.7. The normalized spacial score (nSPS) is 21.3. The number of rotatable bonds is 10. The number of nitrogens with zero attached hydrogens (tertiary/aromatic N) is 2. The van der Waals surface area contributed by atoms with Crippen LogP contribution in [0.5, 0.6) is 0 Å². The molecule has 180 valence electrons. The summed E-state index contributed by atoms with van der Waals surface area (Å²) in [6, 6.07) is 8.54. The summed E-state index contributed by atoms with van der Waals surface area (Å²) in [6.07, 6.45) is 5.91. The number of benzene rings is 1. The van der Waals surface area contributed by atoms with Crippen molar-refractivity contribution in [2.45, 2.75) is 45.6 Å². The van der Waals surface area contributed by atoms with Crippen molar-refractivity contribution in [2.24, 2.45) is 10.9 Å². The van der Waals surface area contributed by atoms with Crippen LogP contribution in [0.3, 0.4) is 0 Å². The second-order valence-corrected chi connectivity index (χ2v) is 8.27. The average Bonchev–Trinajstić information content (AvgIpc) is 2.80. The summed E-state index contributed by atoms with van der Waals surface area (Å²) in [5.41, 5.74) is 1.82. The summed E-state index contributed by atoms with van der Waals surface area (Å²) >= 11 is 0. The summed E-state index contributed by atoms with van der Waals surface area (Å²) in [5.74, 6) is -4.13. The number of carbonyl (C=O) groups excluding carboxylic acids is 1. The molecule has 1 fully saturated rings. The predicted octanol–water partition coefficient (Wildman–Crippen LogP) is 4.11. The Kier molecular flexibility index (Phi) is 9.91. The van der Waals surface area contributed by atoms with E-state index in [1.165, 1.54) is 0 Å². The monoisotopic (exact) mass is 459 g/mol. The van der Waals surface area contributed by atoms with Gasteiger partial charge in [-0.2, -0.15) is 0 Å². The Labute approximate surface area is 195 Å². The maximum absolute atomic E-state index is 14.4. The van der Waals surface area contributed by atoms with Crippen LogP contribution in [0.25, 0.3) is 5.57 Å². The summed E-state index contributed by atoms with van der Waals surface area (Å²) in [5, 5.41) is 14.6. The first kappa shape index (κ1) is 26.4. The van der Waals surface area contributed by atoms with Crippen LogP contribution in [-0.4, -0.2) is 61.5 Å². The Hall–Kier alpha value is -2.87. The van der Waals surface area contributed by atoms with E-state index in [1.807, 2.05) is 26.0 Å². The zero-order chi connectivity index (χ0) is 24.4. The quantitative estimate of drug-likeness (QED) is 0.364. The molecule has 8 heteroatoms. The van der Waals surface area contributed by atoms with Crippen LogP contribution in [-0.2, 0) is 4.79 Å². The van der Waals surface area contributed by atoms with Gasteiger partial charge in [-0.15, -0.1) is 0 Å². The molecule has 1 aromatic carbocycles. The Morgan fingerprint density at radius 2 is 2.03 bits per heavy atom. The number of nitrogens with one attached hydrogen (secondary N) is 3. The van der Waals surface area contributed by atoms with Crippen molar-refractivity contribution < 1.29 is 13.6 Å². The van der Waals surface area contributed by atoms with Gasteiger partial charge in [-0.3, -0.25) is 20.5 Å². The number of piperidine rings is 1. The molecule has 6 nitrogen and oxygen atoms in total. The van der Waals surface area contributed by atoms with Crippen LogP contribution >= 0.6 is 0 Å². The number of alkyl halides is 2. The third-order valence-electron chi connectivity index (χ3n) is 5.79. The van der Waals surface area contributed by atoms with E-state index >= 15 is 0 Å². The third kappa shape index (κ3) is 7.32. The van der Waals surface area contributed by atoms with E-state index in [4.69, 9.17) is 5.41 Å². The zero-order valence-corrected chi connectivity index (χ0v) is 19.9. The number of hydrogen-bond donors (Lipinski definition) is 3. The summed E-state index contributed by atoms with van der Waals surface area (Å²) in [4.78, 5) is 18.8.